The number of imide groups is 1. The third-order valence-corrected chi connectivity index (χ3v) is 3.41. The fourth-order valence-corrected chi connectivity index (χ4v) is 2.27. The molecule has 1 aromatic carbocycles. The Hall–Kier alpha value is -2.89. The Labute approximate surface area is 121 Å². The van der Waals surface area contributed by atoms with Gasteiger partial charge in [-0.25, -0.2) is 4.98 Å². The van der Waals surface area contributed by atoms with Gasteiger partial charge in [-0.05, 0) is 36.8 Å². The Bertz CT molecular complexity index is 770. The maximum Gasteiger partial charge on any atom is 0.261 e. The Kier molecular flexibility index (Phi) is 2.86. The lowest BCUT2D eigenvalue weighted by atomic mass is 10.1. The van der Waals surface area contributed by atoms with Gasteiger partial charge in [0.05, 0.1) is 16.8 Å². The van der Waals surface area contributed by atoms with Crippen LogP contribution in [0.1, 0.15) is 26.3 Å². The summed E-state index contributed by atoms with van der Waals surface area (Å²) in [5.41, 5.74) is 8.85. The van der Waals surface area contributed by atoms with Crippen LogP contribution in [0.3, 0.4) is 0 Å². The zero-order valence-corrected chi connectivity index (χ0v) is 11.7. The number of aromatic nitrogens is 1. The average molecular weight is 282 g/mol. The average Bonchev–Trinajstić information content (AvgIpc) is 2.67. The molecule has 0 radical (unpaired) electrons. The fraction of sp³-hybridized carbons (Fsp3) is 0.133. The summed E-state index contributed by atoms with van der Waals surface area (Å²) >= 11 is 0. The van der Waals surface area contributed by atoms with Crippen LogP contribution in [0.25, 0.3) is 0 Å². The highest BCUT2D eigenvalue weighted by atomic mass is 16.2. The molecule has 1 aliphatic rings. The molecule has 0 spiro atoms. The summed E-state index contributed by atoms with van der Waals surface area (Å²) in [6.45, 7) is 1.91. The van der Waals surface area contributed by atoms with Crippen LogP contribution in [-0.2, 0) is 0 Å². The molecule has 0 atom stereocenters. The maximum atomic E-state index is 12.0. The van der Waals surface area contributed by atoms with Gasteiger partial charge in [-0.2, -0.15) is 0 Å². The second kappa shape index (κ2) is 4.59. The zero-order valence-electron chi connectivity index (χ0n) is 11.7. The van der Waals surface area contributed by atoms with Gasteiger partial charge in [-0.15, -0.1) is 0 Å². The molecule has 1 aliphatic heterocycles. The number of benzene rings is 1. The molecule has 2 aromatic rings. The topological polar surface area (TPSA) is 88.3 Å². The third kappa shape index (κ3) is 2.10. The molecule has 3 rings (SSSR count). The number of hydrogen-bond donors (Lipinski definition) is 2. The molecule has 21 heavy (non-hydrogen) atoms. The van der Waals surface area contributed by atoms with E-state index in [2.05, 4.69) is 10.3 Å². The predicted octanol–water partition coefficient (Wildman–Crippen LogP) is 1.94. The molecule has 0 saturated heterocycles. The quantitative estimate of drug-likeness (QED) is 0.822. The van der Waals surface area contributed by atoms with Crippen molar-refractivity contribution in [3.8, 4) is 0 Å². The summed E-state index contributed by atoms with van der Waals surface area (Å²) in [5, 5.41) is 3.06. The van der Waals surface area contributed by atoms with Crippen molar-refractivity contribution >= 4 is 29.0 Å². The van der Waals surface area contributed by atoms with Crippen molar-refractivity contribution in [2.24, 2.45) is 0 Å². The van der Waals surface area contributed by atoms with Crippen LogP contribution < -0.4 is 11.1 Å². The van der Waals surface area contributed by atoms with Gasteiger partial charge in [-0.1, -0.05) is 0 Å². The molecule has 2 heterocycles. The zero-order chi connectivity index (χ0) is 15.1. The number of nitrogen functional groups attached to an aromatic ring is 1. The highest BCUT2D eigenvalue weighted by molar-refractivity contribution is 6.21. The minimum Gasteiger partial charge on any atom is -0.396 e. The van der Waals surface area contributed by atoms with Crippen LogP contribution in [0.4, 0.5) is 17.2 Å². The Morgan fingerprint density at radius 2 is 1.86 bits per heavy atom. The van der Waals surface area contributed by atoms with E-state index in [1.165, 1.54) is 7.05 Å². The third-order valence-electron chi connectivity index (χ3n) is 3.41. The van der Waals surface area contributed by atoms with Crippen molar-refractivity contribution in [1.82, 2.24) is 9.88 Å². The summed E-state index contributed by atoms with van der Waals surface area (Å²) in [4.78, 5) is 29.1. The summed E-state index contributed by atoms with van der Waals surface area (Å²) in [6, 6.07) is 6.81. The summed E-state index contributed by atoms with van der Waals surface area (Å²) < 4.78 is 0. The van der Waals surface area contributed by atoms with Crippen molar-refractivity contribution in [2.45, 2.75) is 6.92 Å². The fourth-order valence-electron chi connectivity index (χ4n) is 2.27. The van der Waals surface area contributed by atoms with Crippen LogP contribution in [0.5, 0.6) is 0 Å². The first kappa shape index (κ1) is 13.1. The molecule has 0 unspecified atom stereocenters. The van der Waals surface area contributed by atoms with Gasteiger partial charge in [0.2, 0.25) is 0 Å². The van der Waals surface area contributed by atoms with Crippen LogP contribution >= 0.6 is 0 Å². The largest absolute Gasteiger partial charge is 0.396 e. The van der Waals surface area contributed by atoms with Crippen LogP contribution in [0, 0.1) is 6.92 Å². The van der Waals surface area contributed by atoms with Gasteiger partial charge < -0.3 is 11.1 Å². The molecule has 3 N–H and O–H groups in total. The predicted molar refractivity (Wildman–Crippen MR) is 79.5 cm³/mol. The molecular weight excluding hydrogens is 268 g/mol. The molecule has 0 aliphatic carbocycles. The number of nitrogens with two attached hydrogens (primary N) is 1. The van der Waals surface area contributed by atoms with Gasteiger partial charge in [0.25, 0.3) is 11.8 Å². The maximum absolute atomic E-state index is 12.0. The lowest BCUT2D eigenvalue weighted by molar-refractivity contribution is 0.0693. The number of anilines is 3. The second-order valence-corrected chi connectivity index (χ2v) is 5.01. The van der Waals surface area contributed by atoms with Crippen LogP contribution in [0.2, 0.25) is 0 Å². The van der Waals surface area contributed by atoms with E-state index in [0.717, 1.165) is 10.5 Å². The number of nitrogens with zero attached hydrogens (tertiary/aromatic N) is 2. The molecule has 6 heteroatoms. The number of carbonyl (C=O) groups excluding carboxylic acids is 2. The number of hydrogen-bond acceptors (Lipinski definition) is 5. The first-order valence-electron chi connectivity index (χ1n) is 6.43. The molecule has 0 saturated carbocycles. The van der Waals surface area contributed by atoms with Gasteiger partial charge >= 0.3 is 0 Å². The molecule has 6 nitrogen and oxygen atoms in total. The first-order chi connectivity index (χ1) is 9.97. The normalized spacial score (nSPS) is 13.5. The van der Waals surface area contributed by atoms with Crippen molar-refractivity contribution in [1.29, 1.82) is 0 Å². The molecule has 1 aromatic heterocycles. The van der Waals surface area contributed by atoms with E-state index in [0.29, 0.717) is 28.3 Å². The number of carbonyl (C=O) groups is 2. The second-order valence-electron chi connectivity index (χ2n) is 5.01. The Morgan fingerprint density at radius 3 is 2.57 bits per heavy atom. The van der Waals surface area contributed by atoms with E-state index >= 15 is 0 Å². The molecular formula is C15H14N4O2. The minimum atomic E-state index is -0.302. The van der Waals surface area contributed by atoms with Crippen molar-refractivity contribution in [3.05, 3.63) is 47.2 Å². The number of fused-ring (bicyclic) bond motifs is 1. The summed E-state index contributed by atoms with van der Waals surface area (Å²) in [5.74, 6) is -0.0660. The van der Waals surface area contributed by atoms with Gasteiger partial charge in [-0.3, -0.25) is 14.5 Å². The molecule has 2 amide bonds. The number of aryl methyl sites for hydroxylation is 1. The number of amides is 2. The smallest absolute Gasteiger partial charge is 0.261 e. The van der Waals surface area contributed by atoms with E-state index in [4.69, 9.17) is 5.73 Å². The van der Waals surface area contributed by atoms with Gasteiger partial charge in [0, 0.05) is 18.9 Å². The van der Waals surface area contributed by atoms with E-state index in [1.807, 2.05) is 13.0 Å². The lowest BCUT2D eigenvalue weighted by Crippen LogP contribution is -2.24. The SMILES string of the molecule is Cc1cnc(Nc2ccc3c(c2)C(=O)N(C)C3=O)c(N)c1. The summed E-state index contributed by atoms with van der Waals surface area (Å²) in [7, 11) is 1.47. The van der Waals surface area contributed by atoms with Gasteiger partial charge in [0.1, 0.15) is 0 Å². The highest BCUT2D eigenvalue weighted by Gasteiger charge is 2.32. The molecule has 106 valence electrons. The van der Waals surface area contributed by atoms with Crippen molar-refractivity contribution in [3.63, 3.8) is 0 Å². The highest BCUT2D eigenvalue weighted by Crippen LogP contribution is 2.27. The molecule has 0 bridgehead atoms. The first-order valence-corrected chi connectivity index (χ1v) is 6.43. The monoisotopic (exact) mass is 282 g/mol. The van der Waals surface area contributed by atoms with E-state index < -0.39 is 0 Å². The molecule has 0 fully saturated rings. The number of pyridine rings is 1. The van der Waals surface area contributed by atoms with Crippen LogP contribution in [0.15, 0.2) is 30.5 Å². The Morgan fingerprint density at radius 1 is 1.14 bits per heavy atom. The van der Waals surface area contributed by atoms with E-state index in [-0.39, 0.29) is 11.8 Å². The minimum absolute atomic E-state index is 0.283. The van der Waals surface area contributed by atoms with E-state index in [9.17, 15) is 9.59 Å². The Balaban J connectivity index is 1.95. The van der Waals surface area contributed by atoms with Gasteiger partial charge in [0.15, 0.2) is 5.82 Å². The van der Waals surface area contributed by atoms with E-state index in [1.54, 1.807) is 24.4 Å². The number of rotatable bonds is 2. The summed E-state index contributed by atoms with van der Waals surface area (Å²) in [6.07, 6.45) is 1.70. The lowest BCUT2D eigenvalue weighted by Gasteiger charge is -2.09. The standard InChI is InChI=1S/C15H14N4O2/c1-8-5-12(16)13(17-7-8)18-9-3-4-10-11(6-9)15(21)19(2)14(10)20/h3-7H,16H2,1-2H3,(H,17,18). The van der Waals surface area contributed by atoms with Crippen molar-refractivity contribution in [2.75, 3.05) is 18.1 Å². The van der Waals surface area contributed by atoms with Crippen molar-refractivity contribution < 1.29 is 9.59 Å². The van der Waals surface area contributed by atoms with Crippen LogP contribution in [-0.4, -0.2) is 28.7 Å². The number of nitrogens with one attached hydrogen (secondary N) is 1.